The number of rotatable bonds is 0. The Morgan fingerprint density at radius 3 is 0.688 bits per heavy atom. The number of hydrogen-bond acceptors (Lipinski definition) is 0. The van der Waals surface area contributed by atoms with Gasteiger partial charge in [-0.25, -0.2) is 0 Å². The van der Waals surface area contributed by atoms with Crippen LogP contribution in [-0.2, 0) is 52.4 Å². The summed E-state index contributed by atoms with van der Waals surface area (Å²) in [5.74, 6) is 0. The van der Waals surface area contributed by atoms with Crippen LogP contribution in [0.15, 0.2) is 121 Å². The molecule has 0 spiro atoms. The van der Waals surface area contributed by atoms with Crippen molar-refractivity contribution in [3.8, 4) is 0 Å². The number of aryl methyl sites for hydroxylation is 8. The van der Waals surface area contributed by atoms with E-state index in [1.807, 2.05) is 0 Å². The van der Waals surface area contributed by atoms with E-state index in [0.717, 1.165) is 0 Å². The largest absolute Gasteiger partial charge is 2.00 e. The standard InChI is InChI=1S/4C11H11.2ClH.2Zr/c4*1-8-6-9(2)11-5-3-4-10(11)7-8;;;;/h4*3-7H,1-2H3;2*1H;;/q4*-1;;;2*+2/p-2. The Balaban J connectivity index is 0.000000311. The smallest absolute Gasteiger partial charge is 1.00 e. The summed E-state index contributed by atoms with van der Waals surface area (Å²) in [7, 11) is 0. The third-order valence-corrected chi connectivity index (χ3v) is 8.41. The first-order chi connectivity index (χ1) is 21.1. The van der Waals surface area contributed by atoms with E-state index in [0.29, 0.717) is 0 Å². The predicted molar refractivity (Wildman–Crippen MR) is 196 cm³/mol. The average Bonchev–Trinajstić information content (AvgIpc) is 3.76. The Labute approximate surface area is 338 Å². The van der Waals surface area contributed by atoms with Gasteiger partial charge >= 0.3 is 52.4 Å². The normalized spacial score (nSPS) is 9.83. The molecule has 8 rings (SSSR count). The Morgan fingerprint density at radius 2 is 0.500 bits per heavy atom. The Morgan fingerprint density at radius 1 is 0.312 bits per heavy atom. The van der Waals surface area contributed by atoms with Gasteiger partial charge in [-0.3, -0.25) is 0 Å². The molecular weight excluding hydrogens is 782 g/mol. The van der Waals surface area contributed by atoms with Crippen molar-refractivity contribution in [1.82, 2.24) is 0 Å². The fourth-order valence-corrected chi connectivity index (χ4v) is 6.50. The van der Waals surface area contributed by atoms with Crippen LogP contribution in [-0.4, -0.2) is 0 Å². The van der Waals surface area contributed by atoms with Crippen molar-refractivity contribution in [1.29, 1.82) is 0 Å². The molecule has 0 saturated heterocycles. The molecule has 0 heterocycles. The first-order valence-corrected chi connectivity index (χ1v) is 15.6. The molecule has 0 bridgehead atoms. The van der Waals surface area contributed by atoms with E-state index in [9.17, 15) is 0 Å². The maximum atomic E-state index is 2.22. The van der Waals surface area contributed by atoms with Crippen LogP contribution in [0.2, 0.25) is 0 Å². The van der Waals surface area contributed by atoms with Gasteiger partial charge in [-0.2, -0.15) is 48.5 Å². The molecule has 0 aliphatic heterocycles. The predicted octanol–water partition coefficient (Wildman–Crippen LogP) is 6.71. The van der Waals surface area contributed by atoms with Gasteiger partial charge in [0.25, 0.3) is 0 Å². The van der Waals surface area contributed by atoms with E-state index in [-0.39, 0.29) is 77.2 Å². The maximum absolute atomic E-state index is 2.22. The molecular formula is C44H44Cl2Zr2-2. The Kier molecular flexibility index (Phi) is 18.0. The van der Waals surface area contributed by atoms with Gasteiger partial charge in [-0.05, 0) is 55.4 Å². The van der Waals surface area contributed by atoms with Crippen molar-refractivity contribution in [2.45, 2.75) is 55.4 Å². The SMILES string of the molecule is Cc1cc(C)c2cc[cH-]c2c1.Cc1cc(C)c2cc[cH-]c2c1.Cc1cc(C)c2cc[cH-]c2c1.Cc1cc(C)c2cc[cH-]c2c1.[Cl-].[Cl-].[Zr+2].[Zr+2]. The van der Waals surface area contributed by atoms with Crippen molar-refractivity contribution < 1.29 is 77.2 Å². The molecule has 0 fully saturated rings. The van der Waals surface area contributed by atoms with Gasteiger partial charge in [0.2, 0.25) is 0 Å². The van der Waals surface area contributed by atoms with Crippen molar-refractivity contribution in [3.05, 3.63) is 166 Å². The molecule has 244 valence electrons. The number of fused-ring (bicyclic) bond motifs is 4. The summed E-state index contributed by atoms with van der Waals surface area (Å²) in [6.07, 6.45) is 0. The summed E-state index contributed by atoms with van der Waals surface area (Å²) in [5, 5.41) is 11.0. The molecule has 0 saturated carbocycles. The van der Waals surface area contributed by atoms with Crippen molar-refractivity contribution in [2.75, 3.05) is 0 Å². The molecule has 0 aliphatic rings. The van der Waals surface area contributed by atoms with Crippen molar-refractivity contribution >= 4 is 43.1 Å². The molecule has 0 atom stereocenters. The third kappa shape index (κ3) is 10.8. The summed E-state index contributed by atoms with van der Waals surface area (Å²) in [5.41, 5.74) is 10.9. The molecule has 0 unspecified atom stereocenters. The van der Waals surface area contributed by atoms with Crippen LogP contribution in [0.25, 0.3) is 43.1 Å². The molecule has 0 aliphatic carbocycles. The van der Waals surface area contributed by atoms with E-state index < -0.39 is 0 Å². The summed E-state index contributed by atoms with van der Waals surface area (Å²) < 4.78 is 0. The first kappa shape index (κ1) is 43.7. The van der Waals surface area contributed by atoms with E-state index in [1.165, 1.54) is 87.6 Å². The van der Waals surface area contributed by atoms with Gasteiger partial charge in [0, 0.05) is 0 Å². The molecule has 0 aromatic heterocycles. The minimum Gasteiger partial charge on any atom is -1.00 e. The molecule has 48 heavy (non-hydrogen) atoms. The monoisotopic (exact) mass is 822 g/mol. The van der Waals surface area contributed by atoms with Crippen molar-refractivity contribution in [2.24, 2.45) is 0 Å². The summed E-state index contributed by atoms with van der Waals surface area (Å²) >= 11 is 0. The van der Waals surface area contributed by atoms with E-state index in [4.69, 9.17) is 0 Å². The van der Waals surface area contributed by atoms with Crippen molar-refractivity contribution in [3.63, 3.8) is 0 Å². The zero-order valence-electron chi connectivity index (χ0n) is 29.3. The minimum atomic E-state index is 0. The number of halogens is 2. The van der Waals surface area contributed by atoms with Gasteiger partial charge in [-0.1, -0.05) is 68.8 Å². The zero-order chi connectivity index (χ0) is 31.4. The quantitative estimate of drug-likeness (QED) is 0.150. The Hall–Kier alpha value is -2.33. The van der Waals surface area contributed by atoms with Crippen LogP contribution in [0.5, 0.6) is 0 Å². The van der Waals surface area contributed by atoms with Gasteiger partial charge in [-0.15, -0.1) is 91.6 Å². The van der Waals surface area contributed by atoms with Gasteiger partial charge in [0.05, 0.1) is 0 Å². The van der Waals surface area contributed by atoms with Crippen LogP contribution in [0, 0.1) is 55.4 Å². The average molecular weight is 826 g/mol. The van der Waals surface area contributed by atoms with Crippen LogP contribution in [0.3, 0.4) is 0 Å². The fourth-order valence-electron chi connectivity index (χ4n) is 6.50. The molecule has 8 aromatic rings. The third-order valence-electron chi connectivity index (χ3n) is 8.41. The second-order valence-electron chi connectivity index (χ2n) is 12.4. The number of benzene rings is 4. The number of hydrogen-bond donors (Lipinski definition) is 0. The second kappa shape index (κ2) is 19.8. The van der Waals surface area contributed by atoms with Crippen LogP contribution in [0.1, 0.15) is 44.5 Å². The van der Waals surface area contributed by atoms with E-state index in [1.54, 1.807) is 0 Å². The molecule has 0 amide bonds. The van der Waals surface area contributed by atoms with E-state index in [2.05, 4.69) is 177 Å². The van der Waals surface area contributed by atoms with Gasteiger partial charge in [0.1, 0.15) is 0 Å². The maximum Gasteiger partial charge on any atom is 2.00 e. The summed E-state index contributed by atoms with van der Waals surface area (Å²) in [4.78, 5) is 0. The molecule has 0 nitrogen and oxygen atoms in total. The molecule has 4 heteroatoms. The van der Waals surface area contributed by atoms with Gasteiger partial charge < -0.3 is 24.8 Å². The zero-order valence-corrected chi connectivity index (χ0v) is 35.7. The van der Waals surface area contributed by atoms with E-state index >= 15 is 0 Å². The minimum absolute atomic E-state index is 0. The molecule has 0 radical (unpaired) electrons. The topological polar surface area (TPSA) is 0 Å². The summed E-state index contributed by atoms with van der Waals surface area (Å²) in [6.45, 7) is 17.2. The van der Waals surface area contributed by atoms with Crippen LogP contribution >= 0.6 is 0 Å². The van der Waals surface area contributed by atoms with Crippen LogP contribution < -0.4 is 24.8 Å². The molecule has 8 aromatic carbocycles. The van der Waals surface area contributed by atoms with Gasteiger partial charge in [0.15, 0.2) is 0 Å². The second-order valence-corrected chi connectivity index (χ2v) is 12.4. The fraction of sp³-hybridized carbons (Fsp3) is 0.182. The molecule has 0 N–H and O–H groups in total. The first-order valence-electron chi connectivity index (χ1n) is 15.6. The van der Waals surface area contributed by atoms with Crippen LogP contribution in [0.4, 0.5) is 0 Å². The summed E-state index contributed by atoms with van der Waals surface area (Å²) in [6, 6.07) is 43.6. The Bertz CT molecular complexity index is 1860.